The van der Waals surface area contributed by atoms with E-state index in [1.165, 1.54) is 43.6 Å². The van der Waals surface area contributed by atoms with Crippen LogP contribution in [0.4, 0.5) is 0 Å². The van der Waals surface area contributed by atoms with E-state index < -0.39 is 0 Å². The van der Waals surface area contributed by atoms with Crippen LogP contribution in [0.25, 0.3) is 43.6 Å². The summed E-state index contributed by atoms with van der Waals surface area (Å²) in [5.41, 5.74) is 4.92. The molecule has 0 aliphatic rings. The lowest BCUT2D eigenvalue weighted by atomic mass is 10.2. The summed E-state index contributed by atoms with van der Waals surface area (Å²) in [7, 11) is 0. The van der Waals surface area contributed by atoms with Crippen LogP contribution in [0, 0.1) is 0 Å². The zero-order valence-corrected chi connectivity index (χ0v) is 18.2. The molecule has 156 valence electrons. The number of rotatable bonds is 4. The molecular weight excluding hydrogens is 390 g/mol. The molecule has 32 heavy (non-hydrogen) atoms. The van der Waals surface area contributed by atoms with Crippen LogP contribution in [0.3, 0.4) is 0 Å². The number of aromatic nitrogens is 2. The molecule has 0 saturated carbocycles. The summed E-state index contributed by atoms with van der Waals surface area (Å²) in [5.74, 6) is 1.08. The van der Waals surface area contributed by atoms with Crippen LogP contribution in [0.5, 0.6) is 0 Å². The molecule has 0 unspecified atom stereocenters. The van der Waals surface area contributed by atoms with E-state index in [0.29, 0.717) is 0 Å². The lowest BCUT2D eigenvalue weighted by molar-refractivity contribution is 0.864. The molecule has 0 spiro atoms. The quantitative estimate of drug-likeness (QED) is 0.214. The number of para-hydroxylation sites is 4. The Morgan fingerprint density at radius 2 is 1.00 bits per heavy atom. The Bertz CT molecular complexity index is 1510. The molecule has 0 fully saturated rings. The Balaban J connectivity index is 1.63. The topological polar surface area (TPSA) is 22.2 Å². The Kier molecular flexibility index (Phi) is 4.53. The lowest BCUT2D eigenvalue weighted by Gasteiger charge is -2.15. The molecular formula is C29H25N3. The summed E-state index contributed by atoms with van der Waals surface area (Å²) in [6.07, 6.45) is 1.02. The lowest BCUT2D eigenvalue weighted by Crippen LogP contribution is -2.19. The van der Waals surface area contributed by atoms with Crippen molar-refractivity contribution in [2.24, 2.45) is 4.99 Å². The first-order valence-electron chi connectivity index (χ1n) is 11.3. The SMILES string of the molecule is CCCN=C(Cn1c2ccccc2c2ccccc21)n1c2ccccc2c2ccccc21. The number of hydrogen-bond acceptors (Lipinski definition) is 1. The van der Waals surface area contributed by atoms with E-state index in [1.807, 2.05) is 0 Å². The fourth-order valence-corrected chi connectivity index (χ4v) is 4.95. The van der Waals surface area contributed by atoms with Gasteiger partial charge in [-0.25, -0.2) is 0 Å². The van der Waals surface area contributed by atoms with Gasteiger partial charge >= 0.3 is 0 Å². The van der Waals surface area contributed by atoms with Gasteiger partial charge in [-0.1, -0.05) is 79.7 Å². The van der Waals surface area contributed by atoms with E-state index in [9.17, 15) is 0 Å². The Labute approximate surface area is 187 Å². The van der Waals surface area contributed by atoms with Crippen LogP contribution in [-0.4, -0.2) is 21.5 Å². The smallest absolute Gasteiger partial charge is 0.128 e. The standard InChI is InChI=1S/C29H25N3/c1-2-19-30-29(32-27-17-9-5-13-23(27)24-14-6-10-18-28(24)32)20-31-25-15-7-3-11-21(25)22-12-4-8-16-26(22)31/h3-18H,2,19-20H2,1H3. The van der Waals surface area contributed by atoms with Gasteiger partial charge in [0.2, 0.25) is 0 Å². The number of hydrogen-bond donors (Lipinski definition) is 0. The molecule has 0 atom stereocenters. The fraction of sp³-hybridized carbons (Fsp3) is 0.138. The average molecular weight is 416 g/mol. The van der Waals surface area contributed by atoms with Gasteiger partial charge in [0.15, 0.2) is 0 Å². The first-order valence-corrected chi connectivity index (χ1v) is 11.3. The molecule has 4 aromatic carbocycles. The molecule has 2 heterocycles. The minimum atomic E-state index is 0.719. The Hall–Kier alpha value is -3.85. The Morgan fingerprint density at radius 3 is 1.47 bits per heavy atom. The van der Waals surface area contributed by atoms with Crippen LogP contribution >= 0.6 is 0 Å². The normalized spacial score (nSPS) is 12.5. The van der Waals surface area contributed by atoms with Crippen molar-refractivity contribution < 1.29 is 0 Å². The summed E-state index contributed by atoms with van der Waals surface area (Å²) >= 11 is 0. The van der Waals surface area contributed by atoms with Gasteiger partial charge in [0.25, 0.3) is 0 Å². The zero-order chi connectivity index (χ0) is 21.5. The summed E-state index contributed by atoms with van der Waals surface area (Å²) < 4.78 is 4.78. The van der Waals surface area contributed by atoms with E-state index in [1.54, 1.807) is 0 Å². The molecule has 0 amide bonds. The van der Waals surface area contributed by atoms with Crippen molar-refractivity contribution in [2.45, 2.75) is 19.9 Å². The molecule has 6 aromatic rings. The van der Waals surface area contributed by atoms with Crippen molar-refractivity contribution in [3.8, 4) is 0 Å². The van der Waals surface area contributed by atoms with E-state index in [4.69, 9.17) is 4.99 Å². The van der Waals surface area contributed by atoms with Crippen LogP contribution in [0.1, 0.15) is 13.3 Å². The van der Waals surface area contributed by atoms with Crippen LogP contribution in [0.2, 0.25) is 0 Å². The molecule has 0 aliphatic heterocycles. The van der Waals surface area contributed by atoms with Crippen molar-refractivity contribution in [2.75, 3.05) is 6.54 Å². The van der Waals surface area contributed by atoms with Crippen LogP contribution < -0.4 is 0 Å². The van der Waals surface area contributed by atoms with Crippen LogP contribution in [-0.2, 0) is 6.54 Å². The van der Waals surface area contributed by atoms with Gasteiger partial charge in [-0.05, 0) is 30.7 Å². The third-order valence-electron chi connectivity index (χ3n) is 6.34. The van der Waals surface area contributed by atoms with E-state index in [2.05, 4.69) is 113 Å². The second kappa shape index (κ2) is 7.69. The van der Waals surface area contributed by atoms with Gasteiger partial charge in [-0.2, -0.15) is 0 Å². The largest absolute Gasteiger partial charge is 0.333 e. The third-order valence-corrected chi connectivity index (χ3v) is 6.34. The van der Waals surface area contributed by atoms with Gasteiger partial charge < -0.3 is 4.57 Å². The Morgan fingerprint density at radius 1 is 0.594 bits per heavy atom. The molecule has 6 rings (SSSR count). The van der Waals surface area contributed by atoms with E-state index in [0.717, 1.165) is 25.3 Å². The highest BCUT2D eigenvalue weighted by Gasteiger charge is 2.17. The summed E-state index contributed by atoms with van der Waals surface area (Å²) in [6, 6.07) is 34.7. The van der Waals surface area contributed by atoms with Crippen molar-refractivity contribution >= 4 is 49.4 Å². The number of aliphatic imine (C=N–C) groups is 1. The molecule has 0 bridgehead atoms. The predicted molar refractivity (Wildman–Crippen MR) is 137 cm³/mol. The maximum Gasteiger partial charge on any atom is 0.128 e. The predicted octanol–water partition coefficient (Wildman–Crippen LogP) is 7.26. The highest BCUT2D eigenvalue weighted by molar-refractivity contribution is 6.15. The summed E-state index contributed by atoms with van der Waals surface area (Å²) in [6.45, 7) is 3.72. The second-order valence-corrected chi connectivity index (χ2v) is 8.29. The van der Waals surface area contributed by atoms with E-state index in [-0.39, 0.29) is 0 Å². The van der Waals surface area contributed by atoms with E-state index >= 15 is 0 Å². The average Bonchev–Trinajstić information content (AvgIpc) is 3.35. The van der Waals surface area contributed by atoms with Gasteiger partial charge in [-0.3, -0.25) is 9.56 Å². The van der Waals surface area contributed by atoms with Gasteiger partial charge in [0, 0.05) is 39.1 Å². The highest BCUT2D eigenvalue weighted by atomic mass is 15.1. The fourth-order valence-electron chi connectivity index (χ4n) is 4.95. The molecule has 2 aromatic heterocycles. The van der Waals surface area contributed by atoms with Crippen molar-refractivity contribution in [3.05, 3.63) is 97.1 Å². The number of benzene rings is 4. The maximum atomic E-state index is 5.13. The van der Waals surface area contributed by atoms with Crippen molar-refractivity contribution in [1.82, 2.24) is 9.13 Å². The zero-order valence-electron chi connectivity index (χ0n) is 18.2. The molecule has 3 heteroatoms. The summed E-state index contributed by atoms with van der Waals surface area (Å²) in [4.78, 5) is 5.13. The van der Waals surface area contributed by atoms with Crippen molar-refractivity contribution in [3.63, 3.8) is 0 Å². The third kappa shape index (κ3) is 2.85. The first kappa shape index (κ1) is 18.9. The van der Waals surface area contributed by atoms with Crippen LogP contribution in [0.15, 0.2) is 102 Å². The van der Waals surface area contributed by atoms with Gasteiger partial charge in [0.05, 0.1) is 17.6 Å². The number of fused-ring (bicyclic) bond motifs is 6. The maximum absolute atomic E-state index is 5.13. The number of nitrogens with zero attached hydrogens (tertiary/aromatic N) is 3. The van der Waals surface area contributed by atoms with Gasteiger partial charge in [-0.15, -0.1) is 0 Å². The van der Waals surface area contributed by atoms with Gasteiger partial charge in [0.1, 0.15) is 5.84 Å². The molecule has 3 nitrogen and oxygen atoms in total. The molecule has 0 radical (unpaired) electrons. The first-order chi connectivity index (χ1) is 15.9. The van der Waals surface area contributed by atoms with Crippen molar-refractivity contribution in [1.29, 1.82) is 0 Å². The molecule has 0 aliphatic carbocycles. The second-order valence-electron chi connectivity index (χ2n) is 8.29. The molecule has 0 N–H and O–H groups in total. The molecule has 0 saturated heterocycles. The minimum absolute atomic E-state index is 0.719. The highest BCUT2D eigenvalue weighted by Crippen LogP contribution is 2.31. The monoisotopic (exact) mass is 415 g/mol. The summed E-state index contributed by atoms with van der Waals surface area (Å²) in [5, 5.41) is 5.13. The minimum Gasteiger partial charge on any atom is -0.333 e.